The molecule has 2 fully saturated rings. The van der Waals surface area contributed by atoms with Gasteiger partial charge < -0.3 is 5.32 Å². The van der Waals surface area contributed by atoms with E-state index in [0.717, 1.165) is 35.9 Å². The number of carbonyl (C=O) groups is 3. The van der Waals surface area contributed by atoms with Crippen molar-refractivity contribution in [3.8, 4) is 0 Å². The topological polar surface area (TPSA) is 104 Å². The van der Waals surface area contributed by atoms with E-state index in [-0.39, 0.29) is 33.5 Å². The second-order valence-corrected chi connectivity index (χ2v) is 11.9. The van der Waals surface area contributed by atoms with E-state index in [1.165, 1.54) is 22.5 Å². The Morgan fingerprint density at radius 2 is 1.75 bits per heavy atom. The third-order valence-corrected chi connectivity index (χ3v) is 9.44. The zero-order valence-corrected chi connectivity index (χ0v) is 22.2. The number of piperidine rings is 1. The van der Waals surface area contributed by atoms with Gasteiger partial charge in [0.25, 0.3) is 17.1 Å². The van der Waals surface area contributed by atoms with E-state index in [1.807, 2.05) is 0 Å². The summed E-state index contributed by atoms with van der Waals surface area (Å²) in [5.41, 5.74) is 0.735. The second kappa shape index (κ2) is 11.4. The Morgan fingerprint density at radius 3 is 2.47 bits per heavy atom. The fraction of sp³-hybridized carbons (Fsp3) is 0.292. The summed E-state index contributed by atoms with van der Waals surface area (Å²) >= 11 is 13.1. The average Bonchev–Trinajstić information content (AvgIpc) is 3.13. The van der Waals surface area contributed by atoms with Gasteiger partial charge in [0.2, 0.25) is 10.0 Å². The molecule has 0 bridgehead atoms. The van der Waals surface area contributed by atoms with E-state index >= 15 is 0 Å². The highest BCUT2D eigenvalue weighted by Crippen LogP contribution is 2.33. The van der Waals surface area contributed by atoms with Gasteiger partial charge in [-0.05, 0) is 60.5 Å². The lowest BCUT2D eigenvalue weighted by Crippen LogP contribution is -2.37. The Labute approximate surface area is 223 Å². The number of sulfonamides is 1. The van der Waals surface area contributed by atoms with Crippen LogP contribution in [0.2, 0.25) is 10.0 Å². The smallest absolute Gasteiger partial charge is 0.293 e. The van der Waals surface area contributed by atoms with Crippen molar-refractivity contribution in [2.45, 2.75) is 24.2 Å². The molecule has 36 heavy (non-hydrogen) atoms. The van der Waals surface area contributed by atoms with Crippen LogP contribution in [0, 0.1) is 0 Å². The average molecular weight is 569 g/mol. The number of hydrogen-bond acceptors (Lipinski definition) is 6. The number of hydrogen-bond donors (Lipinski definition) is 1. The fourth-order valence-corrected chi connectivity index (χ4v) is 6.96. The van der Waals surface area contributed by atoms with Crippen LogP contribution in [-0.4, -0.2) is 60.9 Å². The molecular formula is C24H23Cl2N3O5S2. The van der Waals surface area contributed by atoms with Crippen molar-refractivity contribution >= 4 is 68.1 Å². The quantitative estimate of drug-likeness (QED) is 0.489. The maximum absolute atomic E-state index is 13.0. The molecule has 4 rings (SSSR count). The van der Waals surface area contributed by atoms with Crippen molar-refractivity contribution in [1.29, 1.82) is 0 Å². The zero-order valence-electron chi connectivity index (χ0n) is 19.1. The molecule has 2 aliphatic rings. The maximum atomic E-state index is 13.0. The molecule has 12 heteroatoms. The third-order valence-electron chi connectivity index (χ3n) is 5.81. The van der Waals surface area contributed by atoms with E-state index in [1.54, 1.807) is 30.3 Å². The van der Waals surface area contributed by atoms with Crippen LogP contribution < -0.4 is 5.32 Å². The largest absolute Gasteiger partial charge is 0.350 e. The van der Waals surface area contributed by atoms with Crippen molar-refractivity contribution < 1.29 is 22.8 Å². The van der Waals surface area contributed by atoms with Crippen LogP contribution in [0.25, 0.3) is 6.08 Å². The van der Waals surface area contributed by atoms with Crippen molar-refractivity contribution in [1.82, 2.24) is 14.5 Å². The number of thioether (sulfide) groups is 1. The van der Waals surface area contributed by atoms with Crippen LogP contribution in [-0.2, 0) is 14.8 Å². The van der Waals surface area contributed by atoms with Crippen molar-refractivity contribution in [2.75, 3.05) is 26.2 Å². The van der Waals surface area contributed by atoms with Gasteiger partial charge >= 0.3 is 0 Å². The molecule has 2 heterocycles. The van der Waals surface area contributed by atoms with Crippen molar-refractivity contribution in [3.05, 3.63) is 68.5 Å². The van der Waals surface area contributed by atoms with E-state index < -0.39 is 27.1 Å². The normalized spacial score (nSPS) is 18.2. The summed E-state index contributed by atoms with van der Waals surface area (Å²) in [5, 5.41) is 2.68. The Hall–Kier alpha value is -2.37. The van der Waals surface area contributed by atoms with E-state index in [4.69, 9.17) is 23.2 Å². The summed E-state index contributed by atoms with van der Waals surface area (Å²) in [6.07, 6.45) is 4.08. The number of amides is 3. The van der Waals surface area contributed by atoms with Gasteiger partial charge in [0.1, 0.15) is 4.90 Å². The molecule has 3 amide bonds. The standard InChI is InChI=1S/C24H23Cl2N3O5S2/c25-18-7-3-2-6-16(18)14-20-23(31)29(24(32)35-20)13-10-27-22(30)17-8-9-19(26)21(15-17)36(33,34)28-11-4-1-5-12-28/h2-3,6-9,14-15H,1,4-5,10-13H2,(H,27,30)/b20-14-. The molecule has 0 aliphatic carbocycles. The lowest BCUT2D eigenvalue weighted by atomic mass is 10.2. The van der Waals surface area contributed by atoms with Gasteiger partial charge in [-0.15, -0.1) is 0 Å². The molecule has 1 N–H and O–H groups in total. The van der Waals surface area contributed by atoms with Gasteiger partial charge in [-0.3, -0.25) is 19.3 Å². The lowest BCUT2D eigenvalue weighted by Gasteiger charge is -2.26. The predicted molar refractivity (Wildman–Crippen MR) is 141 cm³/mol. The minimum atomic E-state index is -3.83. The van der Waals surface area contributed by atoms with Crippen LogP contribution in [0.15, 0.2) is 52.3 Å². The number of carbonyl (C=O) groups excluding carboxylic acids is 3. The number of halogens is 2. The molecule has 0 unspecified atom stereocenters. The molecule has 2 saturated heterocycles. The Morgan fingerprint density at radius 1 is 1.03 bits per heavy atom. The van der Waals surface area contributed by atoms with E-state index in [0.29, 0.717) is 23.7 Å². The first-order valence-electron chi connectivity index (χ1n) is 11.3. The van der Waals surface area contributed by atoms with Crippen LogP contribution in [0.4, 0.5) is 4.79 Å². The summed E-state index contributed by atoms with van der Waals surface area (Å²) in [6, 6.07) is 11.0. The van der Waals surface area contributed by atoms with Crippen LogP contribution in [0.3, 0.4) is 0 Å². The SMILES string of the molecule is O=C(NCCN1C(=O)S/C(=C\c2ccccc2Cl)C1=O)c1ccc(Cl)c(S(=O)(=O)N2CCCCC2)c1. The molecule has 0 spiro atoms. The van der Waals surface area contributed by atoms with Crippen LogP contribution in [0.5, 0.6) is 0 Å². The van der Waals surface area contributed by atoms with E-state index in [9.17, 15) is 22.8 Å². The minimum absolute atomic E-state index is 0.00686. The highest BCUT2D eigenvalue weighted by molar-refractivity contribution is 8.18. The summed E-state index contributed by atoms with van der Waals surface area (Å²) in [7, 11) is -3.83. The molecule has 0 atom stereocenters. The molecule has 2 aromatic carbocycles. The van der Waals surface area contributed by atoms with Gasteiger partial charge in [-0.2, -0.15) is 4.31 Å². The monoisotopic (exact) mass is 567 g/mol. The number of nitrogens with one attached hydrogen (secondary N) is 1. The molecule has 0 saturated carbocycles. The predicted octanol–water partition coefficient (Wildman–Crippen LogP) is 4.63. The van der Waals surface area contributed by atoms with Crippen molar-refractivity contribution in [3.63, 3.8) is 0 Å². The van der Waals surface area contributed by atoms with Crippen LogP contribution in [0.1, 0.15) is 35.2 Å². The minimum Gasteiger partial charge on any atom is -0.350 e. The lowest BCUT2D eigenvalue weighted by molar-refractivity contribution is -0.122. The first-order valence-corrected chi connectivity index (χ1v) is 14.3. The maximum Gasteiger partial charge on any atom is 0.293 e. The summed E-state index contributed by atoms with van der Waals surface area (Å²) in [5.74, 6) is -1.01. The van der Waals surface area contributed by atoms with Gasteiger partial charge in [0.15, 0.2) is 0 Å². The summed E-state index contributed by atoms with van der Waals surface area (Å²) in [6.45, 7) is 0.783. The number of imide groups is 1. The van der Waals surface area contributed by atoms with Gasteiger partial charge in [0.05, 0.1) is 9.93 Å². The number of benzene rings is 2. The third kappa shape index (κ3) is 5.78. The van der Waals surface area contributed by atoms with Gasteiger partial charge in [-0.1, -0.05) is 47.8 Å². The number of rotatable bonds is 7. The highest BCUT2D eigenvalue weighted by Gasteiger charge is 2.35. The summed E-state index contributed by atoms with van der Waals surface area (Å²) < 4.78 is 27.5. The Balaban J connectivity index is 1.40. The molecule has 0 radical (unpaired) electrons. The summed E-state index contributed by atoms with van der Waals surface area (Å²) in [4.78, 5) is 38.9. The highest BCUT2D eigenvalue weighted by atomic mass is 35.5. The molecule has 2 aliphatic heterocycles. The van der Waals surface area contributed by atoms with Gasteiger partial charge in [-0.25, -0.2) is 8.42 Å². The molecule has 190 valence electrons. The zero-order chi connectivity index (χ0) is 25.9. The molecular weight excluding hydrogens is 545 g/mol. The van der Waals surface area contributed by atoms with Crippen LogP contribution >= 0.6 is 35.0 Å². The first-order chi connectivity index (χ1) is 17.2. The number of nitrogens with zero attached hydrogens (tertiary/aromatic N) is 2. The van der Waals surface area contributed by atoms with Crippen molar-refractivity contribution in [2.24, 2.45) is 0 Å². The Bertz CT molecular complexity index is 1340. The molecule has 0 aromatic heterocycles. The van der Waals surface area contributed by atoms with Gasteiger partial charge in [0, 0.05) is 36.8 Å². The molecule has 8 nitrogen and oxygen atoms in total. The molecule has 2 aromatic rings. The fourth-order valence-electron chi connectivity index (χ4n) is 3.90. The second-order valence-electron chi connectivity index (χ2n) is 8.22. The first kappa shape index (κ1) is 26.7. The van der Waals surface area contributed by atoms with E-state index in [2.05, 4.69) is 5.32 Å². The Kier molecular flexibility index (Phi) is 8.41.